The molecule has 0 spiro atoms. The molecule has 0 atom stereocenters. The van der Waals surface area contributed by atoms with Crippen LogP contribution in [0.5, 0.6) is 0 Å². The van der Waals surface area contributed by atoms with E-state index < -0.39 is 0 Å². The summed E-state index contributed by atoms with van der Waals surface area (Å²) in [6.45, 7) is 9.23. The number of hydrogen-bond acceptors (Lipinski definition) is 2. The van der Waals surface area contributed by atoms with Crippen LogP contribution >= 0.6 is 11.6 Å². The summed E-state index contributed by atoms with van der Waals surface area (Å²) in [7, 11) is 0. The Labute approximate surface area is 116 Å². The first kappa shape index (κ1) is 13.9. The van der Waals surface area contributed by atoms with Crippen molar-refractivity contribution < 1.29 is 0 Å². The van der Waals surface area contributed by atoms with Crippen molar-refractivity contribution in [2.75, 3.05) is 32.7 Å². The van der Waals surface area contributed by atoms with Gasteiger partial charge in [0.2, 0.25) is 0 Å². The molecule has 2 rings (SSSR count). The second kappa shape index (κ2) is 7.13. The summed E-state index contributed by atoms with van der Waals surface area (Å²) < 4.78 is 0. The van der Waals surface area contributed by atoms with Crippen LogP contribution in [0, 0.1) is 0 Å². The summed E-state index contributed by atoms with van der Waals surface area (Å²) in [4.78, 5) is 5.08. The van der Waals surface area contributed by atoms with Crippen molar-refractivity contribution in [3.8, 4) is 0 Å². The zero-order chi connectivity index (χ0) is 12.8. The van der Waals surface area contributed by atoms with Crippen molar-refractivity contribution in [3.63, 3.8) is 0 Å². The van der Waals surface area contributed by atoms with E-state index in [-0.39, 0.29) is 0 Å². The van der Waals surface area contributed by atoms with Crippen LogP contribution in [-0.2, 0) is 6.54 Å². The van der Waals surface area contributed by atoms with Gasteiger partial charge in [0.05, 0.1) is 0 Å². The predicted molar refractivity (Wildman–Crippen MR) is 78.1 cm³/mol. The van der Waals surface area contributed by atoms with Gasteiger partial charge in [-0.05, 0) is 24.6 Å². The molecular weight excluding hydrogens is 244 g/mol. The van der Waals surface area contributed by atoms with Gasteiger partial charge in [-0.2, -0.15) is 0 Å². The normalized spacial score (nSPS) is 18.1. The third-order valence-corrected chi connectivity index (χ3v) is 4.01. The van der Waals surface area contributed by atoms with Crippen molar-refractivity contribution in [2.45, 2.75) is 26.3 Å². The highest BCUT2D eigenvalue weighted by Gasteiger charge is 2.16. The standard InChI is InChI=1S/C15H23ClN2/c1-2-3-8-17-9-11-18(12-10-17)13-14-6-4-5-7-15(14)16/h4-7H,2-3,8-13H2,1H3. The topological polar surface area (TPSA) is 6.48 Å². The van der Waals surface area contributed by atoms with E-state index in [1.54, 1.807) is 0 Å². The van der Waals surface area contributed by atoms with Crippen LogP contribution in [0.1, 0.15) is 25.3 Å². The van der Waals surface area contributed by atoms with Gasteiger partial charge >= 0.3 is 0 Å². The summed E-state index contributed by atoms with van der Waals surface area (Å²) in [5.41, 5.74) is 1.25. The fourth-order valence-corrected chi connectivity index (χ4v) is 2.62. The van der Waals surface area contributed by atoms with Gasteiger partial charge in [-0.15, -0.1) is 0 Å². The number of rotatable bonds is 5. The summed E-state index contributed by atoms with van der Waals surface area (Å²) in [5, 5.41) is 0.894. The summed E-state index contributed by atoms with van der Waals surface area (Å²) in [5.74, 6) is 0. The molecule has 1 heterocycles. The van der Waals surface area contributed by atoms with Crippen LogP contribution in [0.2, 0.25) is 5.02 Å². The van der Waals surface area contributed by atoms with E-state index in [0.29, 0.717) is 0 Å². The van der Waals surface area contributed by atoms with Gasteiger partial charge in [-0.3, -0.25) is 4.90 Å². The highest BCUT2D eigenvalue weighted by atomic mass is 35.5. The Hall–Kier alpha value is -0.570. The average molecular weight is 267 g/mol. The second-order valence-corrected chi connectivity index (χ2v) is 5.47. The molecule has 0 aromatic heterocycles. The quantitative estimate of drug-likeness (QED) is 0.807. The first-order chi connectivity index (χ1) is 8.79. The molecule has 1 aliphatic heterocycles. The van der Waals surface area contributed by atoms with Gasteiger partial charge in [0.15, 0.2) is 0 Å². The van der Waals surface area contributed by atoms with Crippen LogP contribution in [0.15, 0.2) is 24.3 Å². The van der Waals surface area contributed by atoms with Crippen molar-refractivity contribution in [3.05, 3.63) is 34.9 Å². The molecule has 0 saturated carbocycles. The maximum atomic E-state index is 6.20. The van der Waals surface area contributed by atoms with Crippen molar-refractivity contribution in [2.24, 2.45) is 0 Å². The van der Waals surface area contributed by atoms with Gasteiger partial charge in [-0.1, -0.05) is 43.1 Å². The monoisotopic (exact) mass is 266 g/mol. The van der Waals surface area contributed by atoms with E-state index in [1.807, 2.05) is 12.1 Å². The lowest BCUT2D eigenvalue weighted by Gasteiger charge is -2.34. The van der Waals surface area contributed by atoms with E-state index in [2.05, 4.69) is 28.9 Å². The molecule has 0 amide bonds. The lowest BCUT2D eigenvalue weighted by Crippen LogP contribution is -2.46. The van der Waals surface area contributed by atoms with Crippen molar-refractivity contribution in [1.29, 1.82) is 0 Å². The molecule has 100 valence electrons. The highest BCUT2D eigenvalue weighted by Crippen LogP contribution is 2.17. The Balaban J connectivity index is 1.78. The molecule has 0 N–H and O–H groups in total. The summed E-state index contributed by atoms with van der Waals surface area (Å²) in [6, 6.07) is 8.17. The summed E-state index contributed by atoms with van der Waals surface area (Å²) >= 11 is 6.20. The van der Waals surface area contributed by atoms with Gasteiger partial charge in [0.1, 0.15) is 0 Å². The SMILES string of the molecule is CCCCN1CCN(Cc2ccccc2Cl)CC1. The third kappa shape index (κ3) is 3.98. The van der Waals surface area contributed by atoms with Crippen LogP contribution < -0.4 is 0 Å². The zero-order valence-corrected chi connectivity index (χ0v) is 12.0. The molecule has 1 aromatic carbocycles. The Morgan fingerprint density at radius 1 is 1.06 bits per heavy atom. The van der Waals surface area contributed by atoms with Gasteiger partial charge < -0.3 is 4.90 Å². The smallest absolute Gasteiger partial charge is 0.0451 e. The lowest BCUT2D eigenvalue weighted by molar-refractivity contribution is 0.126. The number of unbranched alkanes of at least 4 members (excludes halogenated alkanes) is 1. The average Bonchev–Trinajstić information content (AvgIpc) is 2.41. The Kier molecular flexibility index (Phi) is 5.48. The fraction of sp³-hybridized carbons (Fsp3) is 0.600. The first-order valence-corrected chi connectivity index (χ1v) is 7.35. The van der Waals surface area contributed by atoms with Crippen LogP contribution in [0.25, 0.3) is 0 Å². The van der Waals surface area contributed by atoms with Gasteiger partial charge in [-0.25, -0.2) is 0 Å². The molecular formula is C15H23ClN2. The second-order valence-electron chi connectivity index (χ2n) is 5.06. The Morgan fingerprint density at radius 3 is 2.39 bits per heavy atom. The lowest BCUT2D eigenvalue weighted by atomic mass is 10.2. The van der Waals surface area contributed by atoms with Crippen LogP contribution in [0.4, 0.5) is 0 Å². The summed E-state index contributed by atoms with van der Waals surface area (Å²) in [6.07, 6.45) is 2.62. The van der Waals surface area contributed by atoms with E-state index >= 15 is 0 Å². The number of piperazine rings is 1. The molecule has 0 aliphatic carbocycles. The Bertz CT molecular complexity index is 359. The minimum atomic E-state index is 0.894. The minimum Gasteiger partial charge on any atom is -0.301 e. The largest absolute Gasteiger partial charge is 0.301 e. The van der Waals surface area contributed by atoms with E-state index in [1.165, 1.54) is 38.0 Å². The minimum absolute atomic E-state index is 0.894. The van der Waals surface area contributed by atoms with E-state index in [9.17, 15) is 0 Å². The molecule has 1 aromatic rings. The molecule has 2 nitrogen and oxygen atoms in total. The van der Waals surface area contributed by atoms with Gasteiger partial charge in [0.25, 0.3) is 0 Å². The number of benzene rings is 1. The fourth-order valence-electron chi connectivity index (χ4n) is 2.42. The highest BCUT2D eigenvalue weighted by molar-refractivity contribution is 6.31. The molecule has 1 saturated heterocycles. The molecule has 1 aliphatic rings. The zero-order valence-electron chi connectivity index (χ0n) is 11.2. The van der Waals surface area contributed by atoms with E-state index in [4.69, 9.17) is 11.6 Å². The van der Waals surface area contributed by atoms with Gasteiger partial charge in [0, 0.05) is 37.7 Å². The molecule has 0 radical (unpaired) electrons. The molecule has 0 unspecified atom stereocenters. The number of halogens is 1. The van der Waals surface area contributed by atoms with Crippen molar-refractivity contribution >= 4 is 11.6 Å². The molecule has 3 heteroatoms. The maximum Gasteiger partial charge on any atom is 0.0451 e. The molecule has 18 heavy (non-hydrogen) atoms. The maximum absolute atomic E-state index is 6.20. The van der Waals surface area contributed by atoms with E-state index in [0.717, 1.165) is 24.7 Å². The number of hydrogen-bond donors (Lipinski definition) is 0. The van der Waals surface area contributed by atoms with Crippen LogP contribution in [-0.4, -0.2) is 42.5 Å². The van der Waals surface area contributed by atoms with Crippen LogP contribution in [0.3, 0.4) is 0 Å². The molecule has 0 bridgehead atoms. The third-order valence-electron chi connectivity index (χ3n) is 3.64. The number of nitrogens with zero attached hydrogens (tertiary/aromatic N) is 2. The first-order valence-electron chi connectivity index (χ1n) is 6.97. The van der Waals surface area contributed by atoms with Crippen molar-refractivity contribution in [1.82, 2.24) is 9.80 Å². The molecule has 1 fully saturated rings. The Morgan fingerprint density at radius 2 is 1.72 bits per heavy atom. The predicted octanol–water partition coefficient (Wildman–Crippen LogP) is 3.26.